The molecule has 0 aliphatic heterocycles. The number of nitrogens with zero attached hydrogens (tertiary/aromatic N) is 1. The van der Waals surface area contributed by atoms with E-state index in [9.17, 15) is 8.42 Å². The topological polar surface area (TPSA) is 37.4 Å². The molecule has 0 amide bonds. The highest BCUT2D eigenvalue weighted by molar-refractivity contribution is 7.89. The molecule has 1 aromatic rings. The first-order valence-corrected chi connectivity index (χ1v) is 10.1. The lowest BCUT2D eigenvalue weighted by Crippen LogP contribution is -2.38. The van der Waals surface area contributed by atoms with Gasteiger partial charge < -0.3 is 0 Å². The van der Waals surface area contributed by atoms with Crippen LogP contribution in [-0.2, 0) is 15.4 Å². The zero-order valence-electron chi connectivity index (χ0n) is 15.4. The number of hydrogen-bond donors (Lipinski definition) is 0. The van der Waals surface area contributed by atoms with E-state index in [1.54, 1.807) is 11.4 Å². The number of rotatable bonds is 3. The van der Waals surface area contributed by atoms with Crippen LogP contribution < -0.4 is 0 Å². The van der Waals surface area contributed by atoms with Gasteiger partial charge >= 0.3 is 0 Å². The summed E-state index contributed by atoms with van der Waals surface area (Å²) in [6.07, 6.45) is 5.45. The lowest BCUT2D eigenvalue weighted by atomic mass is 9.85. The van der Waals surface area contributed by atoms with Crippen LogP contribution in [0.4, 0.5) is 0 Å². The second-order valence-electron chi connectivity index (χ2n) is 8.00. The Morgan fingerprint density at radius 2 is 1.48 bits per heavy atom. The Kier molecular flexibility index (Phi) is 5.27. The van der Waals surface area contributed by atoms with Crippen molar-refractivity contribution in [3.8, 4) is 0 Å². The number of sulfonamides is 1. The Bertz CT molecular complexity index is 642. The van der Waals surface area contributed by atoms with E-state index in [2.05, 4.69) is 20.8 Å². The van der Waals surface area contributed by atoms with E-state index in [1.807, 2.05) is 26.0 Å². The van der Waals surface area contributed by atoms with Crippen molar-refractivity contribution in [3.63, 3.8) is 0 Å². The van der Waals surface area contributed by atoms with E-state index in [1.165, 1.54) is 12.0 Å². The van der Waals surface area contributed by atoms with Crippen LogP contribution in [0.25, 0.3) is 0 Å². The minimum absolute atomic E-state index is 0.0209. The maximum Gasteiger partial charge on any atom is 0.243 e. The molecule has 0 radical (unpaired) electrons. The number of hydrogen-bond acceptors (Lipinski definition) is 2. The standard InChI is InChI=1S/C19H31NO2S/c1-14-12-16(19(3,4)5)13-15(2)18(14)23(21,22)20(6)17-10-8-7-9-11-17/h12-13,17H,7-11H2,1-6H3. The molecule has 0 saturated heterocycles. The van der Waals surface area contributed by atoms with Gasteiger partial charge in [-0.1, -0.05) is 52.2 Å². The van der Waals surface area contributed by atoms with Gasteiger partial charge in [-0.2, -0.15) is 4.31 Å². The summed E-state index contributed by atoms with van der Waals surface area (Å²) in [4.78, 5) is 0.499. The summed E-state index contributed by atoms with van der Waals surface area (Å²) in [5.41, 5.74) is 2.93. The second kappa shape index (κ2) is 6.56. The van der Waals surface area contributed by atoms with Crippen molar-refractivity contribution in [1.29, 1.82) is 0 Å². The molecule has 1 saturated carbocycles. The summed E-state index contributed by atoms with van der Waals surface area (Å²) in [6.45, 7) is 10.3. The highest BCUT2D eigenvalue weighted by Gasteiger charge is 2.32. The van der Waals surface area contributed by atoms with Crippen molar-refractivity contribution in [2.75, 3.05) is 7.05 Å². The van der Waals surface area contributed by atoms with Gasteiger partial charge in [-0.15, -0.1) is 0 Å². The summed E-state index contributed by atoms with van der Waals surface area (Å²) in [5, 5.41) is 0. The highest BCUT2D eigenvalue weighted by Crippen LogP contribution is 2.32. The van der Waals surface area contributed by atoms with Crippen LogP contribution in [0.2, 0.25) is 0 Å². The SMILES string of the molecule is Cc1cc(C(C)(C)C)cc(C)c1S(=O)(=O)N(C)C1CCCCC1. The average molecular weight is 338 g/mol. The predicted molar refractivity (Wildman–Crippen MR) is 96.4 cm³/mol. The highest BCUT2D eigenvalue weighted by atomic mass is 32.2. The van der Waals surface area contributed by atoms with Gasteiger partial charge in [0.25, 0.3) is 0 Å². The van der Waals surface area contributed by atoms with Crippen LogP contribution in [-0.4, -0.2) is 25.8 Å². The van der Waals surface area contributed by atoms with Gasteiger partial charge in [0.05, 0.1) is 4.90 Å². The number of aryl methyl sites for hydroxylation is 2. The third kappa shape index (κ3) is 3.80. The molecule has 0 N–H and O–H groups in total. The van der Waals surface area contributed by atoms with Gasteiger partial charge in [0.1, 0.15) is 0 Å². The van der Waals surface area contributed by atoms with Crippen LogP contribution in [0.3, 0.4) is 0 Å². The molecule has 1 fully saturated rings. The van der Waals surface area contributed by atoms with E-state index < -0.39 is 10.0 Å². The van der Waals surface area contributed by atoms with Gasteiger partial charge in [-0.25, -0.2) is 8.42 Å². The molecule has 1 aromatic carbocycles. The minimum atomic E-state index is -3.43. The van der Waals surface area contributed by atoms with E-state index in [4.69, 9.17) is 0 Å². The molecule has 0 heterocycles. The van der Waals surface area contributed by atoms with Crippen molar-refractivity contribution >= 4 is 10.0 Å². The molecule has 130 valence electrons. The Morgan fingerprint density at radius 1 is 1.00 bits per heavy atom. The molecular formula is C19H31NO2S. The van der Waals surface area contributed by atoms with Crippen LogP contribution in [0.5, 0.6) is 0 Å². The first-order chi connectivity index (χ1) is 10.5. The molecule has 1 aliphatic rings. The zero-order valence-corrected chi connectivity index (χ0v) is 16.3. The van der Waals surface area contributed by atoms with Crippen LogP contribution in [0, 0.1) is 13.8 Å². The lowest BCUT2D eigenvalue weighted by Gasteiger charge is -2.31. The third-order valence-electron chi connectivity index (χ3n) is 5.05. The minimum Gasteiger partial charge on any atom is -0.207 e. The molecule has 0 aromatic heterocycles. The fourth-order valence-electron chi connectivity index (χ4n) is 3.58. The van der Waals surface area contributed by atoms with E-state index in [-0.39, 0.29) is 11.5 Å². The monoisotopic (exact) mass is 337 g/mol. The van der Waals surface area contributed by atoms with Crippen molar-refractivity contribution in [2.45, 2.75) is 83.1 Å². The van der Waals surface area contributed by atoms with Gasteiger partial charge in [-0.05, 0) is 48.8 Å². The Hall–Kier alpha value is -0.870. The van der Waals surface area contributed by atoms with Gasteiger partial charge in [0, 0.05) is 13.1 Å². The first kappa shape index (κ1) is 18.5. The van der Waals surface area contributed by atoms with E-state index in [0.717, 1.165) is 36.8 Å². The normalized spacial score (nSPS) is 17.7. The Balaban J connectivity index is 2.43. The molecule has 4 heteroatoms. The van der Waals surface area contributed by atoms with Crippen LogP contribution in [0.15, 0.2) is 17.0 Å². The van der Waals surface area contributed by atoms with Gasteiger partial charge in [0.2, 0.25) is 10.0 Å². The zero-order chi connectivity index (χ0) is 17.4. The first-order valence-electron chi connectivity index (χ1n) is 8.65. The molecule has 23 heavy (non-hydrogen) atoms. The van der Waals surface area contributed by atoms with Gasteiger partial charge in [0.15, 0.2) is 0 Å². The maximum absolute atomic E-state index is 13.2. The smallest absolute Gasteiger partial charge is 0.207 e. The summed E-state index contributed by atoms with van der Waals surface area (Å²) < 4.78 is 27.9. The summed E-state index contributed by atoms with van der Waals surface area (Å²) >= 11 is 0. The quantitative estimate of drug-likeness (QED) is 0.811. The molecule has 0 bridgehead atoms. The van der Waals surface area contributed by atoms with Crippen molar-refractivity contribution in [1.82, 2.24) is 4.31 Å². The molecule has 3 nitrogen and oxygen atoms in total. The molecule has 2 rings (SSSR count). The summed E-state index contributed by atoms with van der Waals surface area (Å²) in [5.74, 6) is 0. The van der Waals surface area contributed by atoms with E-state index in [0.29, 0.717) is 4.90 Å². The van der Waals surface area contributed by atoms with Crippen molar-refractivity contribution in [2.24, 2.45) is 0 Å². The van der Waals surface area contributed by atoms with Gasteiger partial charge in [-0.3, -0.25) is 0 Å². The Morgan fingerprint density at radius 3 is 1.91 bits per heavy atom. The average Bonchev–Trinajstić information content (AvgIpc) is 2.45. The molecule has 1 aliphatic carbocycles. The lowest BCUT2D eigenvalue weighted by molar-refractivity contribution is 0.285. The maximum atomic E-state index is 13.2. The number of benzene rings is 1. The predicted octanol–water partition coefficient (Wildman–Crippen LogP) is 4.55. The van der Waals surface area contributed by atoms with Crippen molar-refractivity contribution in [3.05, 3.63) is 28.8 Å². The van der Waals surface area contributed by atoms with Crippen LogP contribution in [0.1, 0.15) is 69.6 Å². The third-order valence-corrected chi connectivity index (χ3v) is 7.27. The van der Waals surface area contributed by atoms with E-state index >= 15 is 0 Å². The van der Waals surface area contributed by atoms with Crippen molar-refractivity contribution < 1.29 is 8.42 Å². The Labute approximate surface area is 142 Å². The fourth-order valence-corrected chi connectivity index (χ4v) is 5.40. The molecule has 0 unspecified atom stereocenters. The summed E-state index contributed by atoms with van der Waals surface area (Å²) in [7, 11) is -1.68. The molecule has 0 spiro atoms. The van der Waals surface area contributed by atoms with Crippen LogP contribution >= 0.6 is 0 Å². The summed E-state index contributed by atoms with van der Waals surface area (Å²) in [6, 6.07) is 4.22. The second-order valence-corrected chi connectivity index (χ2v) is 9.94. The fraction of sp³-hybridized carbons (Fsp3) is 0.684. The molecular weight excluding hydrogens is 306 g/mol. The molecule has 0 atom stereocenters. The largest absolute Gasteiger partial charge is 0.243 e.